The molecular weight excluding hydrogens is 301 g/mol. The molecule has 20 heavy (non-hydrogen) atoms. The Bertz CT molecular complexity index is 469. The van der Waals surface area contributed by atoms with Crippen molar-refractivity contribution in [3.05, 3.63) is 11.6 Å². The van der Waals surface area contributed by atoms with E-state index in [1.165, 1.54) is 0 Å². The van der Waals surface area contributed by atoms with Crippen LogP contribution >= 0.6 is 24.8 Å². The summed E-state index contributed by atoms with van der Waals surface area (Å²) in [6.45, 7) is 9.64. The number of hydrogen-bond donors (Lipinski definition) is 1. The highest BCUT2D eigenvalue weighted by molar-refractivity contribution is 5.85. The third kappa shape index (κ3) is 3.84. The van der Waals surface area contributed by atoms with Gasteiger partial charge in [0.2, 0.25) is 5.91 Å². The number of nitrogens with zero attached hydrogens (tertiary/aromatic N) is 4. The van der Waals surface area contributed by atoms with Gasteiger partial charge in [0.05, 0.1) is 19.1 Å². The molecule has 0 spiro atoms. The first-order valence-corrected chi connectivity index (χ1v) is 6.24. The van der Waals surface area contributed by atoms with Crippen LogP contribution in [-0.2, 0) is 17.9 Å². The SMILES string of the molecule is Cc1nc2n(n1)CCN(C(=O)[C@@H](N)C(C)(C)C)C2.Cl.Cl. The molecule has 0 aromatic carbocycles. The van der Waals surface area contributed by atoms with Crippen LogP contribution in [0.2, 0.25) is 0 Å². The first kappa shape index (κ1) is 19.1. The summed E-state index contributed by atoms with van der Waals surface area (Å²) in [5.74, 6) is 1.59. The molecule has 1 amide bonds. The molecule has 0 fully saturated rings. The summed E-state index contributed by atoms with van der Waals surface area (Å²) in [6, 6.07) is -0.479. The van der Waals surface area contributed by atoms with Gasteiger partial charge in [0.15, 0.2) is 0 Å². The Morgan fingerprint density at radius 2 is 1.90 bits per heavy atom. The van der Waals surface area contributed by atoms with Crippen molar-refractivity contribution in [2.24, 2.45) is 11.1 Å². The highest BCUT2D eigenvalue weighted by atomic mass is 35.5. The predicted molar refractivity (Wildman–Crippen MR) is 82.1 cm³/mol. The van der Waals surface area contributed by atoms with Gasteiger partial charge in [-0.15, -0.1) is 24.8 Å². The van der Waals surface area contributed by atoms with E-state index < -0.39 is 6.04 Å². The summed E-state index contributed by atoms with van der Waals surface area (Å²) in [4.78, 5) is 18.4. The smallest absolute Gasteiger partial charge is 0.240 e. The van der Waals surface area contributed by atoms with Gasteiger partial charge in [-0.2, -0.15) is 5.10 Å². The Balaban J connectivity index is 0.00000180. The molecule has 1 aliphatic rings. The van der Waals surface area contributed by atoms with Crippen molar-refractivity contribution in [2.75, 3.05) is 6.54 Å². The molecule has 116 valence electrons. The number of hydrogen-bond acceptors (Lipinski definition) is 4. The number of carbonyl (C=O) groups is 1. The summed E-state index contributed by atoms with van der Waals surface area (Å²) in [5, 5.41) is 4.27. The number of fused-ring (bicyclic) bond motifs is 1. The van der Waals surface area contributed by atoms with Gasteiger partial charge in [-0.1, -0.05) is 20.8 Å². The molecule has 1 aliphatic heterocycles. The van der Waals surface area contributed by atoms with Gasteiger partial charge >= 0.3 is 0 Å². The minimum Gasteiger partial charge on any atom is -0.332 e. The third-order valence-corrected chi connectivity index (χ3v) is 3.28. The van der Waals surface area contributed by atoms with Crippen LogP contribution in [0.1, 0.15) is 32.4 Å². The number of aryl methyl sites for hydroxylation is 1. The second-order valence-corrected chi connectivity index (χ2v) is 5.90. The average molecular weight is 324 g/mol. The van der Waals surface area contributed by atoms with Crippen LogP contribution in [0, 0.1) is 12.3 Å². The molecule has 0 saturated heterocycles. The van der Waals surface area contributed by atoms with Crippen LogP contribution in [0.4, 0.5) is 0 Å². The number of amides is 1. The Hall–Kier alpha value is -0.850. The summed E-state index contributed by atoms with van der Waals surface area (Å²) in [7, 11) is 0. The van der Waals surface area contributed by atoms with E-state index in [2.05, 4.69) is 10.1 Å². The van der Waals surface area contributed by atoms with Crippen molar-refractivity contribution in [1.82, 2.24) is 19.7 Å². The minimum atomic E-state index is -0.479. The molecule has 2 rings (SSSR count). The second-order valence-electron chi connectivity index (χ2n) is 5.90. The average Bonchev–Trinajstić information content (AvgIpc) is 2.64. The Morgan fingerprint density at radius 1 is 1.30 bits per heavy atom. The van der Waals surface area contributed by atoms with Gasteiger partial charge in [0.1, 0.15) is 11.6 Å². The third-order valence-electron chi connectivity index (χ3n) is 3.28. The molecule has 2 N–H and O–H groups in total. The Labute approximate surface area is 131 Å². The van der Waals surface area contributed by atoms with Crippen LogP contribution in [0.25, 0.3) is 0 Å². The lowest BCUT2D eigenvalue weighted by molar-refractivity contribution is -0.136. The van der Waals surface area contributed by atoms with E-state index in [-0.39, 0.29) is 36.1 Å². The van der Waals surface area contributed by atoms with E-state index in [1.807, 2.05) is 32.4 Å². The van der Waals surface area contributed by atoms with Crippen LogP contribution in [0.5, 0.6) is 0 Å². The highest BCUT2D eigenvalue weighted by Crippen LogP contribution is 2.21. The molecular formula is C12H23Cl2N5O. The lowest BCUT2D eigenvalue weighted by atomic mass is 9.86. The predicted octanol–water partition coefficient (Wildman–Crippen LogP) is 1.15. The molecule has 0 radical (unpaired) electrons. The van der Waals surface area contributed by atoms with E-state index in [1.54, 1.807) is 4.90 Å². The Morgan fingerprint density at radius 3 is 2.45 bits per heavy atom. The second kappa shape index (κ2) is 6.74. The van der Waals surface area contributed by atoms with E-state index in [0.717, 1.165) is 11.6 Å². The number of carbonyl (C=O) groups excluding carboxylic acids is 1. The Kier molecular flexibility index (Phi) is 6.45. The number of rotatable bonds is 1. The topological polar surface area (TPSA) is 77.0 Å². The first-order chi connectivity index (χ1) is 8.29. The van der Waals surface area contributed by atoms with Gasteiger partial charge in [-0.3, -0.25) is 4.79 Å². The fourth-order valence-corrected chi connectivity index (χ4v) is 2.02. The summed E-state index contributed by atoms with van der Waals surface area (Å²) < 4.78 is 1.86. The van der Waals surface area contributed by atoms with E-state index in [0.29, 0.717) is 19.6 Å². The van der Waals surface area contributed by atoms with Crippen LogP contribution in [0.15, 0.2) is 0 Å². The largest absolute Gasteiger partial charge is 0.332 e. The minimum absolute atomic E-state index is 0. The quantitative estimate of drug-likeness (QED) is 0.840. The van der Waals surface area contributed by atoms with Crippen molar-refractivity contribution < 1.29 is 4.79 Å². The van der Waals surface area contributed by atoms with Gasteiger partial charge in [-0.05, 0) is 12.3 Å². The first-order valence-electron chi connectivity index (χ1n) is 6.24. The molecule has 1 atom stereocenters. The summed E-state index contributed by atoms with van der Waals surface area (Å²) in [5.41, 5.74) is 5.79. The zero-order valence-electron chi connectivity index (χ0n) is 12.3. The van der Waals surface area contributed by atoms with Crippen LogP contribution < -0.4 is 5.73 Å². The fourth-order valence-electron chi connectivity index (χ4n) is 2.02. The van der Waals surface area contributed by atoms with Crippen molar-refractivity contribution in [2.45, 2.75) is 46.8 Å². The van der Waals surface area contributed by atoms with Gasteiger partial charge in [-0.25, -0.2) is 9.67 Å². The van der Waals surface area contributed by atoms with E-state index in [9.17, 15) is 4.79 Å². The monoisotopic (exact) mass is 323 g/mol. The summed E-state index contributed by atoms with van der Waals surface area (Å²) in [6.07, 6.45) is 0. The van der Waals surface area contributed by atoms with Crippen LogP contribution in [0.3, 0.4) is 0 Å². The molecule has 0 saturated carbocycles. The van der Waals surface area contributed by atoms with Crippen molar-refractivity contribution in [1.29, 1.82) is 0 Å². The number of nitrogens with two attached hydrogens (primary N) is 1. The molecule has 0 bridgehead atoms. The van der Waals surface area contributed by atoms with Gasteiger partial charge in [0.25, 0.3) is 0 Å². The maximum Gasteiger partial charge on any atom is 0.240 e. The molecule has 0 aliphatic carbocycles. The molecule has 8 heteroatoms. The van der Waals surface area contributed by atoms with Gasteiger partial charge in [0, 0.05) is 6.54 Å². The zero-order valence-corrected chi connectivity index (χ0v) is 13.9. The normalized spacial score (nSPS) is 15.8. The van der Waals surface area contributed by atoms with Crippen molar-refractivity contribution >= 4 is 30.7 Å². The zero-order chi connectivity index (χ0) is 13.5. The number of halogens is 2. The molecule has 2 heterocycles. The van der Waals surface area contributed by atoms with Crippen molar-refractivity contribution in [3.63, 3.8) is 0 Å². The number of aromatic nitrogens is 3. The van der Waals surface area contributed by atoms with Crippen LogP contribution in [-0.4, -0.2) is 38.2 Å². The summed E-state index contributed by atoms with van der Waals surface area (Å²) >= 11 is 0. The lowest BCUT2D eigenvalue weighted by Crippen LogP contribution is -2.52. The standard InChI is InChI=1S/C12H21N5O.2ClH/c1-8-14-9-7-16(5-6-17(9)15-8)11(18)10(13)12(2,3)4;;/h10H,5-7,13H2,1-4H3;2*1H/t10-;;/m1../s1. The maximum absolute atomic E-state index is 12.3. The molecule has 1 aromatic rings. The molecule has 6 nitrogen and oxygen atoms in total. The maximum atomic E-state index is 12.3. The fraction of sp³-hybridized carbons (Fsp3) is 0.750. The van der Waals surface area contributed by atoms with Gasteiger partial charge < -0.3 is 10.6 Å². The van der Waals surface area contributed by atoms with Crippen molar-refractivity contribution in [3.8, 4) is 0 Å². The molecule has 1 aromatic heterocycles. The van der Waals surface area contributed by atoms with E-state index in [4.69, 9.17) is 5.73 Å². The molecule has 0 unspecified atom stereocenters. The highest BCUT2D eigenvalue weighted by Gasteiger charge is 2.33. The van der Waals surface area contributed by atoms with E-state index >= 15 is 0 Å². The lowest BCUT2D eigenvalue weighted by Gasteiger charge is -2.33.